The van der Waals surface area contributed by atoms with Crippen LogP contribution in [0.2, 0.25) is 0 Å². The van der Waals surface area contributed by atoms with Crippen LogP contribution >= 0.6 is 11.8 Å². The molecule has 0 saturated carbocycles. The van der Waals surface area contributed by atoms with Gasteiger partial charge in [0, 0.05) is 19.5 Å². The molecule has 1 aliphatic heterocycles. The third-order valence-corrected chi connectivity index (χ3v) is 2.37. The molecule has 0 unspecified atom stereocenters. The minimum absolute atomic E-state index is 0.774. The van der Waals surface area contributed by atoms with Crippen LogP contribution < -0.4 is 5.32 Å². The maximum absolute atomic E-state index is 4.38. The number of fused-ring (bicyclic) bond motifs is 1. The van der Waals surface area contributed by atoms with E-state index in [0.717, 1.165) is 36.1 Å². The first-order valence-electron chi connectivity index (χ1n) is 3.87. The summed E-state index contributed by atoms with van der Waals surface area (Å²) in [6.45, 7) is 1.81. The number of nitrogens with one attached hydrogen (secondary N) is 1. The van der Waals surface area contributed by atoms with E-state index < -0.39 is 0 Å². The molecule has 0 bridgehead atoms. The number of hydrogen-bond acceptors (Lipinski definition) is 5. The molecule has 0 atom stereocenters. The standard InChI is InChI=1S/C7H10N4S/c1-12-7-9-5-2-3-8-4-6(5)10-11-7/h8H,2-4H2,1H3. The molecule has 1 aliphatic rings. The van der Waals surface area contributed by atoms with Crippen LogP contribution in [-0.4, -0.2) is 28.0 Å². The number of aromatic nitrogens is 3. The van der Waals surface area contributed by atoms with Gasteiger partial charge >= 0.3 is 0 Å². The van der Waals surface area contributed by atoms with Gasteiger partial charge < -0.3 is 5.32 Å². The molecule has 1 aromatic rings. The van der Waals surface area contributed by atoms with Crippen LogP contribution in [0.1, 0.15) is 11.4 Å². The molecular weight excluding hydrogens is 172 g/mol. The summed E-state index contributed by atoms with van der Waals surface area (Å²) in [5, 5.41) is 12.1. The summed E-state index contributed by atoms with van der Waals surface area (Å²) < 4.78 is 0. The SMILES string of the molecule is CSc1nnc2c(n1)CCNC2. The molecule has 0 aromatic carbocycles. The minimum Gasteiger partial charge on any atom is -0.311 e. The molecule has 0 saturated heterocycles. The predicted molar refractivity (Wildman–Crippen MR) is 47.0 cm³/mol. The van der Waals surface area contributed by atoms with E-state index in [1.165, 1.54) is 11.8 Å². The highest BCUT2D eigenvalue weighted by molar-refractivity contribution is 7.98. The summed E-state index contributed by atoms with van der Waals surface area (Å²) in [7, 11) is 0. The zero-order valence-electron chi connectivity index (χ0n) is 6.87. The summed E-state index contributed by atoms with van der Waals surface area (Å²) >= 11 is 1.54. The average Bonchev–Trinajstić information content (AvgIpc) is 2.17. The number of nitrogens with zero attached hydrogens (tertiary/aromatic N) is 3. The largest absolute Gasteiger partial charge is 0.311 e. The van der Waals surface area contributed by atoms with E-state index in [2.05, 4.69) is 20.5 Å². The molecule has 0 spiro atoms. The minimum atomic E-state index is 0.774. The summed E-state index contributed by atoms with van der Waals surface area (Å²) in [6.07, 6.45) is 2.93. The van der Waals surface area contributed by atoms with Crippen LogP contribution in [0.25, 0.3) is 0 Å². The lowest BCUT2D eigenvalue weighted by molar-refractivity contribution is 0.582. The monoisotopic (exact) mass is 182 g/mol. The highest BCUT2D eigenvalue weighted by Gasteiger charge is 2.12. The molecule has 12 heavy (non-hydrogen) atoms. The molecule has 1 aromatic heterocycles. The summed E-state index contributed by atoms with van der Waals surface area (Å²) in [5.74, 6) is 0. The lowest BCUT2D eigenvalue weighted by atomic mass is 10.2. The Balaban J connectivity index is 2.36. The van der Waals surface area contributed by atoms with Gasteiger partial charge in [-0.25, -0.2) is 4.98 Å². The fraction of sp³-hybridized carbons (Fsp3) is 0.571. The second kappa shape index (κ2) is 3.37. The van der Waals surface area contributed by atoms with Crippen LogP contribution in [0.3, 0.4) is 0 Å². The van der Waals surface area contributed by atoms with Crippen LogP contribution in [-0.2, 0) is 13.0 Å². The van der Waals surface area contributed by atoms with E-state index >= 15 is 0 Å². The van der Waals surface area contributed by atoms with Crippen LogP contribution in [0.5, 0.6) is 0 Å². The van der Waals surface area contributed by atoms with E-state index in [4.69, 9.17) is 0 Å². The Morgan fingerprint density at radius 1 is 1.33 bits per heavy atom. The first kappa shape index (κ1) is 7.94. The van der Waals surface area contributed by atoms with E-state index in [-0.39, 0.29) is 0 Å². The van der Waals surface area contributed by atoms with Crippen molar-refractivity contribution in [2.24, 2.45) is 0 Å². The van der Waals surface area contributed by atoms with Crippen molar-refractivity contribution in [1.82, 2.24) is 20.5 Å². The van der Waals surface area contributed by atoms with Gasteiger partial charge in [0.05, 0.1) is 11.4 Å². The Morgan fingerprint density at radius 2 is 2.25 bits per heavy atom. The fourth-order valence-corrected chi connectivity index (χ4v) is 1.52. The third-order valence-electron chi connectivity index (χ3n) is 1.83. The summed E-state index contributed by atoms with van der Waals surface area (Å²) in [4.78, 5) is 4.38. The maximum atomic E-state index is 4.38. The summed E-state index contributed by atoms with van der Waals surface area (Å²) in [5.41, 5.74) is 2.10. The van der Waals surface area contributed by atoms with Crippen molar-refractivity contribution in [2.45, 2.75) is 18.1 Å². The second-order valence-electron chi connectivity index (χ2n) is 2.62. The van der Waals surface area contributed by atoms with Crippen LogP contribution in [0.15, 0.2) is 5.16 Å². The number of thioether (sulfide) groups is 1. The van der Waals surface area contributed by atoms with Gasteiger partial charge in [-0.15, -0.1) is 10.2 Å². The highest BCUT2D eigenvalue weighted by atomic mass is 32.2. The van der Waals surface area contributed by atoms with Crippen LogP contribution in [0, 0.1) is 0 Å². The Labute approximate surface area is 75.2 Å². The van der Waals surface area contributed by atoms with Gasteiger partial charge in [-0.2, -0.15) is 0 Å². The molecule has 0 radical (unpaired) electrons. The zero-order valence-corrected chi connectivity index (χ0v) is 7.69. The molecule has 2 heterocycles. The number of hydrogen-bond donors (Lipinski definition) is 1. The van der Waals surface area contributed by atoms with Crippen molar-refractivity contribution in [3.8, 4) is 0 Å². The van der Waals surface area contributed by atoms with Gasteiger partial charge in [-0.05, 0) is 6.26 Å². The molecule has 2 rings (SSSR count). The molecule has 0 amide bonds. The van der Waals surface area contributed by atoms with Gasteiger partial charge in [0.25, 0.3) is 0 Å². The van der Waals surface area contributed by atoms with Crippen molar-refractivity contribution >= 4 is 11.8 Å². The van der Waals surface area contributed by atoms with Gasteiger partial charge in [-0.3, -0.25) is 0 Å². The topological polar surface area (TPSA) is 50.7 Å². The van der Waals surface area contributed by atoms with E-state index in [9.17, 15) is 0 Å². The summed E-state index contributed by atoms with van der Waals surface area (Å²) in [6, 6.07) is 0. The lowest BCUT2D eigenvalue weighted by Gasteiger charge is -2.13. The van der Waals surface area contributed by atoms with Gasteiger partial charge in [0.15, 0.2) is 0 Å². The Bertz CT molecular complexity index is 289. The molecule has 0 aliphatic carbocycles. The van der Waals surface area contributed by atoms with Crippen molar-refractivity contribution in [3.05, 3.63) is 11.4 Å². The Morgan fingerprint density at radius 3 is 3.08 bits per heavy atom. The maximum Gasteiger partial charge on any atom is 0.209 e. The quantitative estimate of drug-likeness (QED) is 0.630. The molecular formula is C7H10N4S. The Kier molecular flexibility index (Phi) is 2.23. The smallest absolute Gasteiger partial charge is 0.209 e. The highest BCUT2D eigenvalue weighted by Crippen LogP contribution is 2.12. The normalized spacial score (nSPS) is 15.8. The predicted octanol–water partition coefficient (Wildman–Crippen LogP) is 0.239. The van der Waals surface area contributed by atoms with Crippen molar-refractivity contribution in [2.75, 3.05) is 12.8 Å². The van der Waals surface area contributed by atoms with Crippen LogP contribution in [0.4, 0.5) is 0 Å². The zero-order chi connectivity index (χ0) is 8.39. The van der Waals surface area contributed by atoms with E-state index in [1.807, 2.05) is 6.26 Å². The lowest BCUT2D eigenvalue weighted by Crippen LogP contribution is -2.26. The first-order valence-corrected chi connectivity index (χ1v) is 5.10. The average molecular weight is 182 g/mol. The second-order valence-corrected chi connectivity index (χ2v) is 3.39. The Hall–Kier alpha value is -0.680. The third kappa shape index (κ3) is 1.42. The van der Waals surface area contributed by atoms with Gasteiger partial charge in [-0.1, -0.05) is 11.8 Å². The van der Waals surface area contributed by atoms with E-state index in [1.54, 1.807) is 0 Å². The molecule has 1 N–H and O–H groups in total. The van der Waals surface area contributed by atoms with Crippen molar-refractivity contribution in [3.63, 3.8) is 0 Å². The van der Waals surface area contributed by atoms with Crippen molar-refractivity contribution in [1.29, 1.82) is 0 Å². The van der Waals surface area contributed by atoms with Gasteiger partial charge in [0.2, 0.25) is 5.16 Å². The van der Waals surface area contributed by atoms with Gasteiger partial charge in [0.1, 0.15) is 0 Å². The molecule has 64 valence electrons. The number of rotatable bonds is 1. The molecule has 5 heteroatoms. The molecule has 0 fully saturated rings. The first-order chi connectivity index (χ1) is 5.90. The molecule has 4 nitrogen and oxygen atoms in total. The van der Waals surface area contributed by atoms with Crippen molar-refractivity contribution < 1.29 is 0 Å². The van der Waals surface area contributed by atoms with E-state index in [0.29, 0.717) is 0 Å². The fourth-order valence-electron chi connectivity index (χ4n) is 1.20.